The molecule has 53 heavy (non-hydrogen) atoms. The number of anilines is 2. The maximum Gasteiger partial charge on any atom is 0.328 e. The van der Waals surface area contributed by atoms with Gasteiger partial charge in [-0.3, -0.25) is 14.4 Å². The minimum atomic E-state index is -1.14. The van der Waals surface area contributed by atoms with Gasteiger partial charge in [-0.25, -0.2) is 4.79 Å². The number of para-hydroxylation sites is 1. The number of carbonyl (C=O) groups is 4. The van der Waals surface area contributed by atoms with Gasteiger partial charge < -0.3 is 29.7 Å². The third-order valence-electron chi connectivity index (χ3n) is 9.48. The molecule has 12 heteroatoms. The van der Waals surface area contributed by atoms with E-state index < -0.39 is 35.8 Å². The number of nitrogens with zero attached hydrogens (tertiary/aromatic N) is 1. The third-order valence-corrected chi connectivity index (χ3v) is 11.6. The number of unbranched alkanes of at least 4 members (excludes halogenated alkanes) is 2. The Kier molecular flexibility index (Phi) is 16.4. The molecule has 4 rings (SSSR count). The highest BCUT2D eigenvalue weighted by Gasteiger charge is 2.36. The number of hydrogen-bond donors (Lipinski definition) is 2. The lowest BCUT2D eigenvalue weighted by Gasteiger charge is -2.37. The fourth-order valence-electron chi connectivity index (χ4n) is 6.50. The zero-order valence-corrected chi connectivity index (χ0v) is 33.1. The fourth-order valence-corrected chi connectivity index (χ4v) is 8.40. The molecule has 1 aliphatic heterocycles. The highest BCUT2D eigenvalue weighted by molar-refractivity contribution is 7.99. The average Bonchev–Trinajstić information content (AvgIpc) is 3.35. The van der Waals surface area contributed by atoms with Crippen molar-refractivity contribution in [2.24, 2.45) is 5.41 Å². The van der Waals surface area contributed by atoms with Gasteiger partial charge in [-0.15, -0.1) is 23.5 Å². The van der Waals surface area contributed by atoms with Gasteiger partial charge in [0.15, 0.2) is 6.61 Å². The van der Waals surface area contributed by atoms with E-state index in [1.807, 2.05) is 24.1 Å². The standard InChI is InChI=1S/C41H53N3O7S2/c1-6-8-22-41(23-9-7-2)27-44(30-18-14-11-15-19-30)32-24-35(52-5)33(25-34(32)53-28-41)51-26-36(45)43-38(29-16-12-10-13-17-29)39(47)42-31(40(48)50-4)20-21-37(46)49-3/h10-19,24-25,31,38H,6-9,20-23,26-28H2,1-5H3,(H,42,47)(H,43,45). The monoisotopic (exact) mass is 763 g/mol. The van der Waals surface area contributed by atoms with Crippen molar-refractivity contribution < 1.29 is 33.4 Å². The van der Waals surface area contributed by atoms with E-state index >= 15 is 0 Å². The van der Waals surface area contributed by atoms with Crippen LogP contribution in [-0.2, 0) is 28.7 Å². The largest absolute Gasteiger partial charge is 0.483 e. The van der Waals surface area contributed by atoms with Crippen LogP contribution in [0.15, 0.2) is 82.6 Å². The lowest BCUT2D eigenvalue weighted by Crippen LogP contribution is -2.48. The van der Waals surface area contributed by atoms with Crippen molar-refractivity contribution in [3.63, 3.8) is 0 Å². The molecule has 1 heterocycles. The summed E-state index contributed by atoms with van der Waals surface area (Å²) in [4.78, 5) is 55.9. The Morgan fingerprint density at radius 3 is 2.17 bits per heavy atom. The maximum absolute atomic E-state index is 13.6. The van der Waals surface area contributed by atoms with Crippen molar-refractivity contribution in [2.75, 3.05) is 44.3 Å². The van der Waals surface area contributed by atoms with E-state index in [4.69, 9.17) is 9.47 Å². The summed E-state index contributed by atoms with van der Waals surface area (Å²) in [5.41, 5.74) is 2.94. The molecule has 286 valence electrons. The van der Waals surface area contributed by atoms with Gasteiger partial charge in [0.05, 0.1) is 24.8 Å². The molecule has 0 aromatic heterocycles. The lowest BCUT2D eigenvalue weighted by molar-refractivity contribution is -0.146. The first-order chi connectivity index (χ1) is 25.7. The second-order valence-electron chi connectivity index (χ2n) is 13.3. The highest BCUT2D eigenvalue weighted by Crippen LogP contribution is 2.50. The zero-order valence-electron chi connectivity index (χ0n) is 31.5. The van der Waals surface area contributed by atoms with Crippen molar-refractivity contribution in [1.29, 1.82) is 0 Å². The van der Waals surface area contributed by atoms with Crippen LogP contribution in [0.1, 0.15) is 76.8 Å². The predicted octanol–water partition coefficient (Wildman–Crippen LogP) is 7.87. The summed E-state index contributed by atoms with van der Waals surface area (Å²) in [6.45, 7) is 5.10. The summed E-state index contributed by atoms with van der Waals surface area (Å²) in [6.07, 6.45) is 8.85. The van der Waals surface area contributed by atoms with E-state index in [1.165, 1.54) is 27.1 Å². The summed E-state index contributed by atoms with van der Waals surface area (Å²) in [6, 6.07) is 21.2. The zero-order chi connectivity index (χ0) is 38.2. The second kappa shape index (κ2) is 20.9. The van der Waals surface area contributed by atoms with E-state index in [0.29, 0.717) is 11.3 Å². The Morgan fingerprint density at radius 2 is 1.57 bits per heavy atom. The molecule has 0 spiro atoms. The Hall–Kier alpha value is -4.16. The van der Waals surface area contributed by atoms with Crippen molar-refractivity contribution in [3.8, 4) is 5.75 Å². The summed E-state index contributed by atoms with van der Waals surface area (Å²) < 4.78 is 15.8. The van der Waals surface area contributed by atoms with Crippen LogP contribution in [-0.4, -0.2) is 69.2 Å². The van der Waals surface area contributed by atoms with Crippen LogP contribution in [0.5, 0.6) is 5.75 Å². The number of amides is 2. The third kappa shape index (κ3) is 11.7. The van der Waals surface area contributed by atoms with Gasteiger partial charge in [0.2, 0.25) is 5.91 Å². The number of ether oxygens (including phenoxy) is 3. The molecule has 0 saturated heterocycles. The molecular weight excluding hydrogens is 711 g/mol. The number of benzene rings is 3. The number of methoxy groups -OCH3 is 2. The molecule has 0 bridgehead atoms. The van der Waals surface area contributed by atoms with E-state index in [2.05, 4.69) is 70.5 Å². The van der Waals surface area contributed by atoms with Gasteiger partial charge >= 0.3 is 11.9 Å². The van der Waals surface area contributed by atoms with Crippen molar-refractivity contribution in [3.05, 3.63) is 78.4 Å². The van der Waals surface area contributed by atoms with E-state index in [9.17, 15) is 19.2 Å². The Morgan fingerprint density at radius 1 is 0.906 bits per heavy atom. The van der Waals surface area contributed by atoms with Crippen molar-refractivity contribution >= 4 is 58.7 Å². The van der Waals surface area contributed by atoms with Gasteiger partial charge in [0.25, 0.3) is 5.91 Å². The Labute approximate surface area is 322 Å². The quantitative estimate of drug-likeness (QED) is 0.0922. The first-order valence-electron chi connectivity index (χ1n) is 18.3. The van der Waals surface area contributed by atoms with Crippen LogP contribution in [0.2, 0.25) is 0 Å². The van der Waals surface area contributed by atoms with Crippen molar-refractivity contribution in [2.45, 2.75) is 87.1 Å². The molecule has 2 amide bonds. The van der Waals surface area contributed by atoms with E-state index in [-0.39, 0.29) is 24.9 Å². The molecule has 3 aromatic rings. The number of fused-ring (bicyclic) bond motifs is 1. The molecule has 2 N–H and O–H groups in total. The Balaban J connectivity index is 1.58. The first-order valence-corrected chi connectivity index (χ1v) is 20.5. The average molecular weight is 764 g/mol. The molecular formula is C41H53N3O7S2. The minimum Gasteiger partial charge on any atom is -0.483 e. The van der Waals surface area contributed by atoms with Crippen LogP contribution in [0.3, 0.4) is 0 Å². The van der Waals surface area contributed by atoms with Gasteiger partial charge in [-0.1, -0.05) is 88.1 Å². The van der Waals surface area contributed by atoms with Gasteiger partial charge in [0.1, 0.15) is 17.8 Å². The van der Waals surface area contributed by atoms with Crippen LogP contribution in [0, 0.1) is 5.41 Å². The van der Waals surface area contributed by atoms with Crippen molar-refractivity contribution in [1.82, 2.24) is 10.6 Å². The summed E-state index contributed by atoms with van der Waals surface area (Å²) in [5, 5.41) is 5.44. The number of hydrogen-bond acceptors (Lipinski definition) is 10. The number of rotatable bonds is 19. The summed E-state index contributed by atoms with van der Waals surface area (Å²) in [5.74, 6) is -0.811. The van der Waals surface area contributed by atoms with Gasteiger partial charge in [0, 0.05) is 29.3 Å². The smallest absolute Gasteiger partial charge is 0.328 e. The highest BCUT2D eigenvalue weighted by atomic mass is 32.2. The summed E-state index contributed by atoms with van der Waals surface area (Å²) >= 11 is 3.41. The number of esters is 2. The van der Waals surface area contributed by atoms with Gasteiger partial charge in [-0.05, 0) is 60.8 Å². The van der Waals surface area contributed by atoms with Crippen LogP contribution in [0.4, 0.5) is 11.4 Å². The fraction of sp³-hybridized carbons (Fsp3) is 0.463. The molecule has 10 nitrogen and oxygen atoms in total. The molecule has 2 atom stereocenters. The van der Waals surface area contributed by atoms with Crippen LogP contribution >= 0.6 is 23.5 Å². The number of nitrogens with one attached hydrogen (secondary N) is 2. The molecule has 1 aliphatic rings. The Bertz CT molecular complexity index is 1650. The lowest BCUT2D eigenvalue weighted by atomic mass is 9.79. The second-order valence-corrected chi connectivity index (χ2v) is 15.2. The first kappa shape index (κ1) is 41.6. The van der Waals surface area contributed by atoms with Crippen LogP contribution < -0.4 is 20.3 Å². The van der Waals surface area contributed by atoms with Crippen LogP contribution in [0.25, 0.3) is 0 Å². The number of thioether (sulfide) groups is 2. The SMILES string of the molecule is CCCCC1(CCCC)CSc2cc(OCC(=O)NC(C(=O)NC(CCC(=O)OC)C(=O)OC)c3ccccc3)c(SC)cc2N(c2ccccc2)C1. The molecule has 0 saturated carbocycles. The molecule has 0 fully saturated rings. The number of carbonyl (C=O) groups excluding carboxylic acids is 4. The molecule has 3 aromatic carbocycles. The normalized spacial score (nSPS) is 14.5. The maximum atomic E-state index is 13.6. The summed E-state index contributed by atoms with van der Waals surface area (Å²) in [7, 11) is 2.45. The van der Waals surface area contributed by atoms with E-state index in [0.717, 1.165) is 59.1 Å². The molecule has 0 radical (unpaired) electrons. The topological polar surface area (TPSA) is 123 Å². The van der Waals surface area contributed by atoms with E-state index in [1.54, 1.807) is 42.1 Å². The minimum absolute atomic E-state index is 0.0303. The van der Waals surface area contributed by atoms with Gasteiger partial charge in [-0.2, -0.15) is 0 Å². The molecule has 2 unspecified atom stereocenters. The molecule has 0 aliphatic carbocycles. The predicted molar refractivity (Wildman–Crippen MR) is 212 cm³/mol.